The molecule has 1 heterocycles. The summed E-state index contributed by atoms with van der Waals surface area (Å²) in [6.07, 6.45) is 3.44. The number of nitrogens with zero attached hydrogens (tertiary/aromatic N) is 1. The molecular formula is C17H31N3OS. The van der Waals surface area contributed by atoms with Gasteiger partial charge in [0, 0.05) is 37.1 Å². The van der Waals surface area contributed by atoms with Crippen LogP contribution in [0.2, 0.25) is 0 Å². The number of guanidine groups is 1. The van der Waals surface area contributed by atoms with Crippen LogP contribution in [0.4, 0.5) is 0 Å². The quantitative estimate of drug-likeness (QED) is 0.394. The van der Waals surface area contributed by atoms with Gasteiger partial charge in [0.25, 0.3) is 0 Å². The summed E-state index contributed by atoms with van der Waals surface area (Å²) < 4.78 is 5.06. The molecule has 22 heavy (non-hydrogen) atoms. The molecule has 0 bridgehead atoms. The Morgan fingerprint density at radius 3 is 2.73 bits per heavy atom. The zero-order valence-corrected chi connectivity index (χ0v) is 15.3. The lowest BCUT2D eigenvalue weighted by atomic mass is 9.92. The van der Waals surface area contributed by atoms with Gasteiger partial charge >= 0.3 is 0 Å². The number of aliphatic imine (C=N–C) groups is 1. The minimum absolute atomic E-state index is 0.0784. The summed E-state index contributed by atoms with van der Waals surface area (Å²) >= 11 is 1.80. The Balaban J connectivity index is 2.41. The van der Waals surface area contributed by atoms with Crippen LogP contribution in [-0.4, -0.2) is 39.3 Å². The normalized spacial score (nSPS) is 12.5. The second kappa shape index (κ2) is 10.6. The predicted octanol–water partition coefficient (Wildman–Crippen LogP) is 3.40. The number of hydrogen-bond donors (Lipinski definition) is 2. The molecule has 0 amide bonds. The number of unbranched alkanes of at least 4 members (excludes halogenated alkanes) is 2. The summed E-state index contributed by atoms with van der Waals surface area (Å²) in [6, 6.07) is 4.30. The Bertz CT molecular complexity index is 416. The van der Waals surface area contributed by atoms with Crippen molar-refractivity contribution in [1.82, 2.24) is 10.6 Å². The van der Waals surface area contributed by atoms with Crippen molar-refractivity contribution in [1.29, 1.82) is 0 Å². The molecule has 0 aromatic carbocycles. The van der Waals surface area contributed by atoms with Crippen molar-refractivity contribution < 1.29 is 4.74 Å². The zero-order chi connectivity index (χ0) is 16.3. The maximum Gasteiger partial charge on any atom is 0.191 e. The standard InChI is InChI=1S/C17H31N3OS/c1-5-18-16(19-11-7-6-8-12-21-4)20-14-17(2,3)15-10-9-13-22-15/h9-10,13H,5-8,11-12,14H2,1-4H3,(H2,18,19,20). The fraction of sp³-hybridized carbons (Fsp3) is 0.706. The van der Waals surface area contributed by atoms with Gasteiger partial charge in [-0.25, -0.2) is 0 Å². The van der Waals surface area contributed by atoms with E-state index >= 15 is 0 Å². The average molecular weight is 326 g/mol. The number of ether oxygens (including phenoxy) is 1. The molecule has 0 saturated heterocycles. The SMILES string of the molecule is CCNC(=NCC(C)(C)c1cccs1)NCCCCCOC. The van der Waals surface area contributed by atoms with E-state index in [2.05, 4.69) is 48.9 Å². The lowest BCUT2D eigenvalue weighted by molar-refractivity contribution is 0.192. The van der Waals surface area contributed by atoms with E-state index in [9.17, 15) is 0 Å². The van der Waals surface area contributed by atoms with Crippen LogP contribution in [0.1, 0.15) is 44.9 Å². The molecule has 0 aliphatic carbocycles. The number of thiophene rings is 1. The Morgan fingerprint density at radius 2 is 2.09 bits per heavy atom. The van der Waals surface area contributed by atoms with Crippen LogP contribution in [0.15, 0.2) is 22.5 Å². The maximum atomic E-state index is 5.06. The first-order chi connectivity index (χ1) is 10.6. The largest absolute Gasteiger partial charge is 0.385 e. The van der Waals surface area contributed by atoms with E-state index in [1.165, 1.54) is 11.3 Å². The molecule has 2 N–H and O–H groups in total. The van der Waals surface area contributed by atoms with Crippen LogP contribution in [-0.2, 0) is 10.2 Å². The fourth-order valence-corrected chi connectivity index (χ4v) is 2.96. The Kier molecular flexibility index (Phi) is 9.16. The molecule has 0 saturated carbocycles. The van der Waals surface area contributed by atoms with E-state index in [0.29, 0.717) is 0 Å². The van der Waals surface area contributed by atoms with Gasteiger partial charge in [-0.1, -0.05) is 19.9 Å². The molecule has 0 aliphatic heterocycles. The third kappa shape index (κ3) is 7.27. The van der Waals surface area contributed by atoms with E-state index in [1.807, 2.05) is 0 Å². The van der Waals surface area contributed by atoms with Crippen molar-refractivity contribution in [3.63, 3.8) is 0 Å². The van der Waals surface area contributed by atoms with Crippen molar-refractivity contribution in [2.75, 3.05) is 33.4 Å². The minimum Gasteiger partial charge on any atom is -0.385 e. The first kappa shape index (κ1) is 19.0. The van der Waals surface area contributed by atoms with Gasteiger partial charge in [-0.05, 0) is 37.6 Å². The summed E-state index contributed by atoms with van der Waals surface area (Å²) in [6.45, 7) is 10.1. The molecule has 126 valence electrons. The van der Waals surface area contributed by atoms with E-state index < -0.39 is 0 Å². The highest BCUT2D eigenvalue weighted by Gasteiger charge is 2.21. The smallest absolute Gasteiger partial charge is 0.191 e. The van der Waals surface area contributed by atoms with Gasteiger partial charge in [0.2, 0.25) is 0 Å². The van der Waals surface area contributed by atoms with Gasteiger partial charge in [-0.2, -0.15) is 0 Å². The second-order valence-corrected chi connectivity index (χ2v) is 6.98. The molecule has 0 radical (unpaired) electrons. The molecule has 1 aromatic heterocycles. The first-order valence-electron chi connectivity index (χ1n) is 8.15. The Hall–Kier alpha value is -1.07. The first-order valence-corrected chi connectivity index (χ1v) is 9.03. The lowest BCUT2D eigenvalue weighted by Gasteiger charge is -2.21. The Morgan fingerprint density at radius 1 is 1.27 bits per heavy atom. The topological polar surface area (TPSA) is 45.7 Å². The molecule has 0 spiro atoms. The summed E-state index contributed by atoms with van der Waals surface area (Å²) in [5, 5.41) is 8.87. The van der Waals surface area contributed by atoms with Crippen LogP contribution in [0.5, 0.6) is 0 Å². The highest BCUT2D eigenvalue weighted by Crippen LogP contribution is 2.27. The zero-order valence-electron chi connectivity index (χ0n) is 14.4. The minimum atomic E-state index is 0.0784. The predicted molar refractivity (Wildman–Crippen MR) is 97.1 cm³/mol. The molecule has 4 nitrogen and oxygen atoms in total. The summed E-state index contributed by atoms with van der Waals surface area (Å²) in [5.41, 5.74) is 0.0784. The third-order valence-electron chi connectivity index (χ3n) is 3.48. The number of nitrogens with one attached hydrogen (secondary N) is 2. The summed E-state index contributed by atoms with van der Waals surface area (Å²) in [5.74, 6) is 0.916. The van der Waals surface area contributed by atoms with Gasteiger partial charge in [0.05, 0.1) is 6.54 Å². The van der Waals surface area contributed by atoms with Gasteiger partial charge in [-0.15, -0.1) is 11.3 Å². The number of methoxy groups -OCH3 is 1. The van der Waals surface area contributed by atoms with Gasteiger partial charge in [0.1, 0.15) is 0 Å². The van der Waals surface area contributed by atoms with E-state index in [0.717, 1.165) is 45.0 Å². The van der Waals surface area contributed by atoms with Gasteiger partial charge in [0.15, 0.2) is 5.96 Å². The van der Waals surface area contributed by atoms with E-state index in [1.54, 1.807) is 18.4 Å². The van der Waals surface area contributed by atoms with E-state index in [-0.39, 0.29) is 5.41 Å². The maximum absolute atomic E-state index is 5.06. The molecule has 0 unspecified atom stereocenters. The van der Waals surface area contributed by atoms with Gasteiger partial charge in [-0.3, -0.25) is 4.99 Å². The van der Waals surface area contributed by atoms with Crippen LogP contribution < -0.4 is 10.6 Å². The highest BCUT2D eigenvalue weighted by molar-refractivity contribution is 7.10. The molecule has 0 aliphatic rings. The molecular weight excluding hydrogens is 294 g/mol. The van der Waals surface area contributed by atoms with Crippen molar-refractivity contribution in [2.45, 2.75) is 45.4 Å². The third-order valence-corrected chi connectivity index (χ3v) is 4.72. The van der Waals surface area contributed by atoms with Crippen LogP contribution >= 0.6 is 11.3 Å². The molecule has 5 heteroatoms. The van der Waals surface area contributed by atoms with Gasteiger partial charge < -0.3 is 15.4 Å². The number of hydrogen-bond acceptors (Lipinski definition) is 3. The molecule has 0 atom stereocenters. The van der Waals surface area contributed by atoms with E-state index in [4.69, 9.17) is 9.73 Å². The number of rotatable bonds is 10. The van der Waals surface area contributed by atoms with Crippen molar-refractivity contribution in [2.24, 2.45) is 4.99 Å². The lowest BCUT2D eigenvalue weighted by Crippen LogP contribution is -2.38. The monoisotopic (exact) mass is 325 g/mol. The average Bonchev–Trinajstić information content (AvgIpc) is 3.03. The fourth-order valence-electron chi connectivity index (χ4n) is 2.11. The Labute approximate surface area is 139 Å². The van der Waals surface area contributed by atoms with Crippen LogP contribution in [0.25, 0.3) is 0 Å². The second-order valence-electron chi connectivity index (χ2n) is 6.04. The summed E-state index contributed by atoms with van der Waals surface area (Å²) in [4.78, 5) is 6.13. The molecule has 0 fully saturated rings. The van der Waals surface area contributed by atoms with Crippen LogP contribution in [0.3, 0.4) is 0 Å². The summed E-state index contributed by atoms with van der Waals surface area (Å²) in [7, 11) is 1.75. The molecule has 1 rings (SSSR count). The van der Waals surface area contributed by atoms with Crippen LogP contribution in [0, 0.1) is 0 Å². The van der Waals surface area contributed by atoms with Crippen molar-refractivity contribution in [3.8, 4) is 0 Å². The van der Waals surface area contributed by atoms with Crippen molar-refractivity contribution >= 4 is 17.3 Å². The van der Waals surface area contributed by atoms with Crippen molar-refractivity contribution in [3.05, 3.63) is 22.4 Å². The molecule has 1 aromatic rings. The highest BCUT2D eigenvalue weighted by atomic mass is 32.1.